The van der Waals surface area contributed by atoms with Gasteiger partial charge in [0.2, 0.25) is 0 Å². The molecule has 1 aromatic carbocycles. The lowest BCUT2D eigenvalue weighted by Gasteiger charge is -2.30. The zero-order valence-corrected chi connectivity index (χ0v) is 16.3. The number of hydrogen-bond acceptors (Lipinski definition) is 4. The number of nitrogens with one attached hydrogen (secondary N) is 1. The Morgan fingerprint density at radius 3 is 2.50 bits per heavy atom. The van der Waals surface area contributed by atoms with E-state index in [4.69, 9.17) is 11.6 Å². The first-order valence-corrected chi connectivity index (χ1v) is 9.80. The lowest BCUT2D eigenvalue weighted by Crippen LogP contribution is -2.54. The third kappa shape index (κ3) is 3.30. The maximum Gasteiger partial charge on any atom is 0.355 e. The first-order valence-electron chi connectivity index (χ1n) is 9.43. The van der Waals surface area contributed by atoms with E-state index in [-0.39, 0.29) is 23.2 Å². The number of fused-ring (bicyclic) bond motifs is 1. The summed E-state index contributed by atoms with van der Waals surface area (Å²) >= 11 is 5.89. The van der Waals surface area contributed by atoms with Crippen molar-refractivity contribution in [2.75, 3.05) is 11.9 Å². The highest BCUT2D eigenvalue weighted by Gasteiger charge is 2.46. The lowest BCUT2D eigenvalue weighted by molar-refractivity contribution is -0.120. The molecule has 2 aliphatic heterocycles. The predicted molar refractivity (Wildman–Crippen MR) is 106 cm³/mol. The van der Waals surface area contributed by atoms with Gasteiger partial charge in [-0.1, -0.05) is 30.9 Å². The predicted octanol–water partition coefficient (Wildman–Crippen LogP) is 2.89. The van der Waals surface area contributed by atoms with Crippen molar-refractivity contribution in [3.63, 3.8) is 0 Å². The van der Waals surface area contributed by atoms with E-state index in [1.54, 1.807) is 42.4 Å². The molecule has 1 saturated carbocycles. The number of likely N-dealkylation sites (N-methyl/N-ethyl adjacent to an activating group) is 1. The van der Waals surface area contributed by atoms with Crippen LogP contribution in [0.4, 0.5) is 10.5 Å². The monoisotopic (exact) mass is 400 g/mol. The third-order valence-corrected chi connectivity index (χ3v) is 5.66. The van der Waals surface area contributed by atoms with E-state index in [1.165, 1.54) is 6.42 Å². The minimum absolute atomic E-state index is 0.132. The number of rotatable bonds is 3. The fraction of sp³-hybridized carbons (Fsp3) is 0.400. The summed E-state index contributed by atoms with van der Waals surface area (Å²) in [4.78, 5) is 45.2. The van der Waals surface area contributed by atoms with Crippen LogP contribution in [-0.4, -0.2) is 47.6 Å². The van der Waals surface area contributed by atoms with Crippen LogP contribution in [0.1, 0.15) is 32.1 Å². The molecule has 1 aliphatic carbocycles. The van der Waals surface area contributed by atoms with Crippen LogP contribution >= 0.6 is 11.6 Å². The average Bonchev–Trinajstić information content (AvgIpc) is 3.00. The normalized spacial score (nSPS) is 22.7. The molecule has 7 nitrogen and oxygen atoms in total. The molecule has 28 heavy (non-hydrogen) atoms. The maximum atomic E-state index is 13.1. The zero-order valence-electron chi connectivity index (χ0n) is 15.5. The molecule has 3 aliphatic rings. The fourth-order valence-corrected chi connectivity index (χ4v) is 4.11. The molecule has 4 rings (SSSR count). The van der Waals surface area contributed by atoms with Gasteiger partial charge in [-0.3, -0.25) is 9.59 Å². The second-order valence-corrected chi connectivity index (χ2v) is 7.79. The summed E-state index contributed by atoms with van der Waals surface area (Å²) in [6.07, 6.45) is 6.88. The van der Waals surface area contributed by atoms with Crippen LogP contribution < -0.4 is 10.2 Å². The molecule has 8 heteroatoms. The zero-order chi connectivity index (χ0) is 19.8. The smallest absolute Gasteiger partial charge is 0.355 e. The quantitative estimate of drug-likeness (QED) is 0.845. The lowest BCUT2D eigenvalue weighted by atomic mass is 9.95. The fourth-order valence-electron chi connectivity index (χ4n) is 3.98. The molecule has 4 amide bonds. The van der Waals surface area contributed by atoms with Crippen molar-refractivity contribution in [1.82, 2.24) is 10.2 Å². The molecule has 1 fully saturated rings. The average molecular weight is 401 g/mol. The number of amides is 4. The highest BCUT2D eigenvalue weighted by Crippen LogP contribution is 2.29. The molecule has 0 radical (unpaired) electrons. The van der Waals surface area contributed by atoms with Gasteiger partial charge in [0.15, 0.2) is 6.04 Å². The van der Waals surface area contributed by atoms with E-state index >= 15 is 0 Å². The summed E-state index contributed by atoms with van der Waals surface area (Å²) < 4.78 is 0. The summed E-state index contributed by atoms with van der Waals surface area (Å²) in [5.74, 6) is -0.711. The van der Waals surface area contributed by atoms with Gasteiger partial charge in [0, 0.05) is 24.3 Å². The summed E-state index contributed by atoms with van der Waals surface area (Å²) in [5, 5.41) is 3.53. The Bertz CT molecular complexity index is 887. The number of benzene rings is 1. The van der Waals surface area contributed by atoms with Gasteiger partial charge in [-0.25, -0.2) is 9.69 Å². The van der Waals surface area contributed by atoms with Crippen molar-refractivity contribution in [2.24, 2.45) is 4.99 Å². The Hall–Kier alpha value is -2.67. The van der Waals surface area contributed by atoms with Gasteiger partial charge in [-0.2, -0.15) is 4.99 Å². The van der Waals surface area contributed by atoms with Gasteiger partial charge in [-0.15, -0.1) is 0 Å². The Labute approximate surface area is 168 Å². The van der Waals surface area contributed by atoms with Crippen LogP contribution in [0, 0.1) is 0 Å². The van der Waals surface area contributed by atoms with E-state index in [1.807, 2.05) is 0 Å². The van der Waals surface area contributed by atoms with Gasteiger partial charge < -0.3 is 10.2 Å². The standard InChI is InChI=1S/C20H21ClN4O3/c1-24-11-15(18(26)22-13-5-3-2-4-6-13)16-17(24)19(27)25(20(28)23-16)14-9-7-12(21)8-10-14/h7-11,13,17H,2-6H2,1H3,(H,22,26). The van der Waals surface area contributed by atoms with E-state index in [0.717, 1.165) is 30.6 Å². The summed E-state index contributed by atoms with van der Waals surface area (Å²) in [6, 6.07) is 5.04. The van der Waals surface area contributed by atoms with Crippen molar-refractivity contribution in [3.8, 4) is 0 Å². The molecule has 1 unspecified atom stereocenters. The Morgan fingerprint density at radius 1 is 1.14 bits per heavy atom. The molecule has 1 N–H and O–H groups in total. The number of carbonyl (C=O) groups excluding carboxylic acids is 3. The Morgan fingerprint density at radius 2 is 1.82 bits per heavy atom. The molecule has 146 valence electrons. The van der Waals surface area contributed by atoms with E-state index in [9.17, 15) is 14.4 Å². The molecule has 0 saturated heterocycles. The number of anilines is 1. The highest BCUT2D eigenvalue weighted by atomic mass is 35.5. The largest absolute Gasteiger partial charge is 0.363 e. The van der Waals surface area contributed by atoms with E-state index in [2.05, 4.69) is 10.3 Å². The first-order chi connectivity index (χ1) is 13.5. The Kier molecular flexibility index (Phi) is 4.93. The van der Waals surface area contributed by atoms with Crippen LogP contribution in [0.25, 0.3) is 0 Å². The van der Waals surface area contributed by atoms with E-state index in [0.29, 0.717) is 10.7 Å². The van der Waals surface area contributed by atoms with Gasteiger partial charge in [0.05, 0.1) is 17.0 Å². The van der Waals surface area contributed by atoms with Crippen molar-refractivity contribution in [2.45, 2.75) is 44.2 Å². The molecule has 2 heterocycles. The third-order valence-electron chi connectivity index (χ3n) is 5.41. The molecular weight excluding hydrogens is 380 g/mol. The molecule has 0 bridgehead atoms. The number of hydrogen-bond donors (Lipinski definition) is 1. The van der Waals surface area contributed by atoms with Gasteiger partial charge >= 0.3 is 6.03 Å². The Balaban J connectivity index is 1.59. The van der Waals surface area contributed by atoms with Gasteiger partial charge in [0.25, 0.3) is 11.8 Å². The minimum Gasteiger partial charge on any atom is -0.363 e. The molecular formula is C20H21ClN4O3. The van der Waals surface area contributed by atoms with Crippen LogP contribution in [0.2, 0.25) is 5.02 Å². The van der Waals surface area contributed by atoms with Crippen LogP contribution in [0.15, 0.2) is 41.0 Å². The van der Waals surface area contributed by atoms with Crippen LogP contribution in [0.5, 0.6) is 0 Å². The van der Waals surface area contributed by atoms with Gasteiger partial charge in [0.1, 0.15) is 0 Å². The van der Waals surface area contributed by atoms with Crippen LogP contribution in [0.3, 0.4) is 0 Å². The SMILES string of the molecule is CN1C=C(C(=O)NC2CCCCC2)C2=NC(=O)N(c3ccc(Cl)cc3)C(=O)C21. The van der Waals surface area contributed by atoms with E-state index < -0.39 is 18.0 Å². The molecule has 0 spiro atoms. The summed E-state index contributed by atoms with van der Waals surface area (Å²) in [5.41, 5.74) is 0.905. The maximum absolute atomic E-state index is 13.1. The topological polar surface area (TPSA) is 82.1 Å². The number of imide groups is 1. The van der Waals surface area contributed by atoms with Crippen molar-refractivity contribution in [3.05, 3.63) is 41.1 Å². The number of aliphatic imine (C=N–C) groups is 1. The molecule has 1 atom stereocenters. The number of urea groups is 1. The minimum atomic E-state index is -0.791. The highest BCUT2D eigenvalue weighted by molar-refractivity contribution is 6.39. The number of halogens is 1. The van der Waals surface area contributed by atoms with Crippen LogP contribution in [-0.2, 0) is 9.59 Å². The molecule has 0 aromatic heterocycles. The second-order valence-electron chi connectivity index (χ2n) is 7.35. The number of carbonyl (C=O) groups is 3. The van der Waals surface area contributed by atoms with Crippen molar-refractivity contribution >= 4 is 40.8 Å². The van der Waals surface area contributed by atoms with Gasteiger partial charge in [-0.05, 0) is 37.1 Å². The van der Waals surface area contributed by atoms with Crippen molar-refractivity contribution in [1.29, 1.82) is 0 Å². The summed E-state index contributed by atoms with van der Waals surface area (Å²) in [6.45, 7) is 0. The second kappa shape index (κ2) is 7.39. The van der Waals surface area contributed by atoms with Crippen molar-refractivity contribution < 1.29 is 14.4 Å². The molecule has 1 aromatic rings. The number of nitrogens with zero attached hydrogens (tertiary/aromatic N) is 3. The first kappa shape index (κ1) is 18.7. The summed E-state index contributed by atoms with van der Waals surface area (Å²) in [7, 11) is 1.70.